The smallest absolute Gasteiger partial charge is 0.417 e. The second kappa shape index (κ2) is 10.7. The predicted octanol–water partition coefficient (Wildman–Crippen LogP) is 7.28. The van der Waals surface area contributed by atoms with Gasteiger partial charge in [0.25, 0.3) is 0 Å². The van der Waals surface area contributed by atoms with E-state index in [-0.39, 0.29) is 22.9 Å². The molecule has 43 heavy (non-hydrogen) atoms. The molecule has 0 atom stereocenters. The topological polar surface area (TPSA) is 125 Å². The molecule has 0 saturated carbocycles. The summed E-state index contributed by atoms with van der Waals surface area (Å²) in [7, 11) is 3.33. The first-order chi connectivity index (χ1) is 20.6. The average molecular weight is 582 g/mol. The summed E-state index contributed by atoms with van der Waals surface area (Å²) in [6.45, 7) is 0. The van der Waals surface area contributed by atoms with E-state index >= 15 is 0 Å². The van der Waals surface area contributed by atoms with Crippen LogP contribution in [0.1, 0.15) is 16.7 Å². The lowest BCUT2D eigenvalue weighted by Gasteiger charge is -2.14. The number of hydrogen-bond donors (Lipinski definition) is 6. The van der Waals surface area contributed by atoms with Gasteiger partial charge in [0.05, 0.1) is 23.1 Å². The summed E-state index contributed by atoms with van der Waals surface area (Å²) >= 11 is 0. The Morgan fingerprint density at radius 2 is 1.30 bits per heavy atom. The molecule has 0 saturated heterocycles. The number of fused-ring (bicyclic) bond motifs is 2. The molecule has 11 heteroatoms. The van der Waals surface area contributed by atoms with Crippen LogP contribution in [0.15, 0.2) is 85.1 Å². The van der Waals surface area contributed by atoms with Crippen molar-refractivity contribution in [1.29, 1.82) is 10.8 Å². The van der Waals surface area contributed by atoms with Crippen molar-refractivity contribution in [3.63, 3.8) is 0 Å². The van der Waals surface area contributed by atoms with E-state index in [1.165, 1.54) is 18.3 Å². The second-order valence-corrected chi connectivity index (χ2v) is 9.91. The summed E-state index contributed by atoms with van der Waals surface area (Å²) in [6, 6.07) is 21.7. The molecule has 0 aliphatic rings. The number of nitrogens with one attached hydrogen (secondary N) is 6. The van der Waals surface area contributed by atoms with E-state index in [9.17, 15) is 13.2 Å². The third kappa shape index (κ3) is 5.40. The Hall–Kier alpha value is -5.58. The number of ether oxygens (including phenoxy) is 1. The Morgan fingerprint density at radius 3 is 1.86 bits per heavy atom. The number of benzene rings is 3. The van der Waals surface area contributed by atoms with Crippen LogP contribution in [0.4, 0.5) is 13.2 Å². The van der Waals surface area contributed by atoms with Crippen molar-refractivity contribution in [3.8, 4) is 34.1 Å². The van der Waals surface area contributed by atoms with E-state index < -0.39 is 11.7 Å². The summed E-state index contributed by atoms with van der Waals surface area (Å²) in [4.78, 5) is 10.8. The van der Waals surface area contributed by atoms with Gasteiger partial charge in [0, 0.05) is 58.3 Å². The van der Waals surface area contributed by atoms with Crippen molar-refractivity contribution in [2.75, 3.05) is 14.1 Å². The van der Waals surface area contributed by atoms with Crippen molar-refractivity contribution in [1.82, 2.24) is 25.6 Å². The van der Waals surface area contributed by atoms with Crippen LogP contribution in [-0.2, 0) is 6.18 Å². The zero-order valence-corrected chi connectivity index (χ0v) is 23.1. The van der Waals surface area contributed by atoms with Gasteiger partial charge in [-0.05, 0) is 54.6 Å². The largest absolute Gasteiger partial charge is 0.456 e. The monoisotopic (exact) mass is 581 g/mol. The standard InChI is InChI=1S/C32H26F3N7O/c1-38-30(36)19-5-3-17-11-28(41-26(17)13-19)23-9-7-21(15-24(23)32(33,34)35)43-22-8-10-25(40-16-22)29-12-18-4-6-20(31(37)39-2)14-27(18)42-29/h3-16,41-42H,1-2H3,(H2,36,38)(H2,37,39). The first-order valence-electron chi connectivity index (χ1n) is 13.3. The highest BCUT2D eigenvalue weighted by atomic mass is 19.4. The minimum Gasteiger partial charge on any atom is -0.456 e. The molecule has 3 aromatic carbocycles. The Kier molecular flexibility index (Phi) is 6.85. The molecule has 0 aliphatic carbocycles. The Labute approximate surface area is 244 Å². The number of rotatable bonds is 6. The third-order valence-electron chi connectivity index (χ3n) is 7.16. The summed E-state index contributed by atoms with van der Waals surface area (Å²) in [5.74, 6) is 0.828. The quantitative estimate of drug-likeness (QED) is 0.0913. The third-order valence-corrected chi connectivity index (χ3v) is 7.16. The average Bonchev–Trinajstić information content (AvgIpc) is 3.64. The zero-order valence-electron chi connectivity index (χ0n) is 23.1. The SMILES string of the molecule is CNC(=N)c1ccc2cc(-c3ccc(Oc4ccc(-c5cc6ccc(C(=N)NC)cc6[nH]5)c(C(F)(F)F)c4)cn3)[nH]c2c1. The predicted molar refractivity (Wildman–Crippen MR) is 162 cm³/mol. The van der Waals surface area contributed by atoms with Gasteiger partial charge in [-0.15, -0.1) is 0 Å². The fraction of sp³-hybridized carbons (Fsp3) is 0.0938. The Balaban J connectivity index is 1.26. The molecule has 0 unspecified atom stereocenters. The van der Waals surface area contributed by atoms with Crippen molar-refractivity contribution < 1.29 is 17.9 Å². The van der Waals surface area contributed by atoms with Gasteiger partial charge in [0.2, 0.25) is 0 Å². The molecule has 6 N–H and O–H groups in total. The number of hydrogen-bond acceptors (Lipinski definition) is 4. The lowest BCUT2D eigenvalue weighted by Crippen LogP contribution is -2.17. The molecule has 0 radical (unpaired) electrons. The van der Waals surface area contributed by atoms with Crippen molar-refractivity contribution in [2.45, 2.75) is 6.18 Å². The minimum atomic E-state index is -4.63. The first kappa shape index (κ1) is 27.6. The molecule has 3 heterocycles. The summed E-state index contributed by atoms with van der Waals surface area (Å²) < 4.78 is 48.4. The lowest BCUT2D eigenvalue weighted by molar-refractivity contribution is -0.137. The fourth-order valence-corrected chi connectivity index (χ4v) is 4.93. The molecule has 6 aromatic rings. The molecule has 8 nitrogen and oxygen atoms in total. The Bertz CT molecular complexity index is 2010. The molecular weight excluding hydrogens is 555 g/mol. The number of H-pyrrole nitrogens is 2. The lowest BCUT2D eigenvalue weighted by atomic mass is 10.0. The number of alkyl halides is 3. The number of amidine groups is 2. The maximum atomic E-state index is 14.2. The summed E-state index contributed by atoms with van der Waals surface area (Å²) in [5, 5.41) is 23.2. The van der Waals surface area contributed by atoms with E-state index in [0.717, 1.165) is 33.6 Å². The molecular formula is C32H26F3N7O. The van der Waals surface area contributed by atoms with Crippen LogP contribution in [0.2, 0.25) is 0 Å². The number of nitrogens with zero attached hydrogens (tertiary/aromatic N) is 1. The van der Waals surface area contributed by atoms with E-state index in [2.05, 4.69) is 25.6 Å². The van der Waals surface area contributed by atoms with Gasteiger partial charge >= 0.3 is 6.18 Å². The van der Waals surface area contributed by atoms with E-state index in [0.29, 0.717) is 28.3 Å². The first-order valence-corrected chi connectivity index (χ1v) is 13.3. The van der Waals surface area contributed by atoms with Gasteiger partial charge in [-0.2, -0.15) is 13.2 Å². The van der Waals surface area contributed by atoms with Crippen molar-refractivity contribution in [3.05, 3.63) is 102 Å². The number of aromatic nitrogens is 3. The molecule has 0 aliphatic heterocycles. The van der Waals surface area contributed by atoms with Crippen LogP contribution in [0, 0.1) is 10.8 Å². The van der Waals surface area contributed by atoms with Crippen molar-refractivity contribution in [2.24, 2.45) is 0 Å². The Morgan fingerprint density at radius 1 is 0.721 bits per heavy atom. The molecule has 6 rings (SSSR count). The van der Waals surface area contributed by atoms with Crippen molar-refractivity contribution >= 4 is 33.5 Å². The van der Waals surface area contributed by atoms with Crippen LogP contribution in [0.25, 0.3) is 44.5 Å². The molecule has 3 aromatic heterocycles. The van der Waals surface area contributed by atoms with Crippen LogP contribution in [0.3, 0.4) is 0 Å². The van der Waals surface area contributed by atoms with Gasteiger partial charge in [0.15, 0.2) is 0 Å². The van der Waals surface area contributed by atoms with Gasteiger partial charge in [0.1, 0.15) is 23.2 Å². The number of halogens is 3. The summed E-state index contributed by atoms with van der Waals surface area (Å²) in [6.07, 6.45) is -3.17. The van der Waals surface area contributed by atoms with Crippen LogP contribution in [-0.4, -0.2) is 40.7 Å². The van der Waals surface area contributed by atoms with E-state index in [1.807, 2.05) is 24.3 Å². The molecule has 216 valence electrons. The highest BCUT2D eigenvalue weighted by molar-refractivity contribution is 6.01. The fourth-order valence-electron chi connectivity index (χ4n) is 4.93. The van der Waals surface area contributed by atoms with E-state index in [1.54, 1.807) is 50.5 Å². The van der Waals surface area contributed by atoms with Crippen LogP contribution in [0.5, 0.6) is 11.5 Å². The van der Waals surface area contributed by atoms with Crippen LogP contribution >= 0.6 is 0 Å². The van der Waals surface area contributed by atoms with Gasteiger partial charge < -0.3 is 25.3 Å². The minimum absolute atomic E-state index is 0.0124. The van der Waals surface area contributed by atoms with Gasteiger partial charge in [-0.25, -0.2) is 0 Å². The molecule has 0 bridgehead atoms. The second-order valence-electron chi connectivity index (χ2n) is 9.91. The highest BCUT2D eigenvalue weighted by Gasteiger charge is 2.34. The van der Waals surface area contributed by atoms with E-state index in [4.69, 9.17) is 15.6 Å². The molecule has 0 fully saturated rings. The molecule has 0 amide bonds. The van der Waals surface area contributed by atoms with Gasteiger partial charge in [-0.3, -0.25) is 15.8 Å². The summed E-state index contributed by atoms with van der Waals surface area (Å²) in [5.41, 5.74) is 3.68. The number of aromatic amines is 2. The van der Waals surface area contributed by atoms with Gasteiger partial charge in [-0.1, -0.05) is 24.3 Å². The highest BCUT2D eigenvalue weighted by Crippen LogP contribution is 2.40. The normalized spacial score (nSPS) is 11.6. The van der Waals surface area contributed by atoms with Crippen LogP contribution < -0.4 is 15.4 Å². The maximum Gasteiger partial charge on any atom is 0.417 e. The zero-order chi connectivity index (χ0) is 30.3. The maximum absolute atomic E-state index is 14.2. The molecule has 0 spiro atoms. The number of pyridine rings is 1.